The number of amides is 1. The summed E-state index contributed by atoms with van der Waals surface area (Å²) in [7, 11) is 5.33. The van der Waals surface area contributed by atoms with Crippen LogP contribution in [-0.2, 0) is 13.0 Å². The van der Waals surface area contributed by atoms with E-state index in [0.717, 1.165) is 37.6 Å². The first kappa shape index (κ1) is 26.1. The van der Waals surface area contributed by atoms with Gasteiger partial charge in [0.05, 0.1) is 0 Å². The Morgan fingerprint density at radius 3 is 2.44 bits per heavy atom. The summed E-state index contributed by atoms with van der Waals surface area (Å²) in [6, 6.07) is 18.4. The molecule has 2 N–H and O–H groups in total. The van der Waals surface area contributed by atoms with Crippen LogP contribution in [0.5, 0.6) is 0 Å². The molecule has 1 unspecified atom stereocenters. The summed E-state index contributed by atoms with van der Waals surface area (Å²) in [5.41, 5.74) is 3.23. The average molecular weight is 550 g/mol. The highest BCUT2D eigenvalue weighted by atomic mass is 127. The van der Waals surface area contributed by atoms with Crippen LogP contribution < -0.4 is 10.6 Å². The number of halogens is 1. The minimum atomic E-state index is 0. The van der Waals surface area contributed by atoms with E-state index >= 15 is 0 Å². The second-order valence-corrected chi connectivity index (χ2v) is 8.39. The van der Waals surface area contributed by atoms with E-state index in [9.17, 15) is 4.79 Å². The monoisotopic (exact) mass is 549 g/mol. The molecule has 2 aromatic carbocycles. The molecule has 0 aliphatic carbocycles. The molecule has 1 fully saturated rings. The summed E-state index contributed by atoms with van der Waals surface area (Å²) in [4.78, 5) is 20.5. The number of likely N-dealkylation sites (tertiary alicyclic amines) is 1. The van der Waals surface area contributed by atoms with Crippen molar-refractivity contribution in [2.45, 2.75) is 19.4 Å². The Morgan fingerprint density at radius 1 is 1.06 bits per heavy atom. The highest BCUT2D eigenvalue weighted by Gasteiger charge is 2.22. The number of rotatable bonds is 8. The lowest BCUT2D eigenvalue weighted by molar-refractivity contribution is 0.0827. The third-order valence-electron chi connectivity index (χ3n) is 5.78. The van der Waals surface area contributed by atoms with E-state index in [1.807, 2.05) is 24.3 Å². The zero-order chi connectivity index (χ0) is 22.1. The number of aliphatic imine (C=N–C) groups is 1. The number of nitrogens with one attached hydrogen (secondary N) is 2. The molecule has 7 heteroatoms. The summed E-state index contributed by atoms with van der Waals surface area (Å²) in [5, 5.41) is 6.84. The maximum absolute atomic E-state index is 12.0. The Morgan fingerprint density at radius 2 is 1.78 bits per heavy atom. The first-order valence-electron chi connectivity index (χ1n) is 11.1. The Kier molecular flexibility index (Phi) is 11.0. The van der Waals surface area contributed by atoms with Gasteiger partial charge in [-0.15, -0.1) is 24.0 Å². The van der Waals surface area contributed by atoms with Gasteiger partial charge in [0, 0.05) is 52.9 Å². The minimum absolute atomic E-state index is 0. The van der Waals surface area contributed by atoms with Crippen LogP contribution in [0.25, 0.3) is 0 Å². The van der Waals surface area contributed by atoms with E-state index in [0.29, 0.717) is 18.0 Å². The molecule has 1 amide bonds. The van der Waals surface area contributed by atoms with Gasteiger partial charge in [-0.05, 0) is 48.6 Å². The largest absolute Gasteiger partial charge is 0.356 e. The Bertz CT molecular complexity index is 854. The highest BCUT2D eigenvalue weighted by molar-refractivity contribution is 14.0. The molecule has 0 aromatic heterocycles. The maximum atomic E-state index is 12.0. The SMILES string of the molecule is CN=C(NCc1ccc(C(=O)N(C)C)cc1)NCC1CCN(CCc2ccccc2)C1.I. The molecule has 1 saturated heterocycles. The molecule has 1 aliphatic rings. The predicted octanol–water partition coefficient (Wildman–Crippen LogP) is 3.24. The summed E-state index contributed by atoms with van der Waals surface area (Å²) < 4.78 is 0. The molecular weight excluding hydrogens is 513 g/mol. The van der Waals surface area contributed by atoms with Crippen LogP contribution in [0.3, 0.4) is 0 Å². The first-order valence-corrected chi connectivity index (χ1v) is 11.1. The average Bonchev–Trinajstić information content (AvgIpc) is 3.26. The third kappa shape index (κ3) is 8.09. The van der Waals surface area contributed by atoms with Gasteiger partial charge in [-0.1, -0.05) is 42.5 Å². The quantitative estimate of drug-likeness (QED) is 0.302. The van der Waals surface area contributed by atoms with Crippen LogP contribution in [0, 0.1) is 5.92 Å². The van der Waals surface area contributed by atoms with E-state index in [4.69, 9.17) is 0 Å². The van der Waals surface area contributed by atoms with Crippen LogP contribution in [0.15, 0.2) is 59.6 Å². The summed E-state index contributed by atoms with van der Waals surface area (Å²) in [6.45, 7) is 5.03. The van der Waals surface area contributed by atoms with Crippen molar-refractivity contribution in [3.8, 4) is 0 Å². The van der Waals surface area contributed by atoms with E-state index in [2.05, 4.69) is 50.9 Å². The smallest absolute Gasteiger partial charge is 0.253 e. The predicted molar refractivity (Wildman–Crippen MR) is 143 cm³/mol. The minimum Gasteiger partial charge on any atom is -0.356 e. The van der Waals surface area contributed by atoms with Gasteiger partial charge in [0.15, 0.2) is 5.96 Å². The van der Waals surface area contributed by atoms with Gasteiger partial charge in [-0.2, -0.15) is 0 Å². The summed E-state index contributed by atoms with van der Waals surface area (Å²) in [6.07, 6.45) is 2.34. The number of benzene rings is 2. The number of carbonyl (C=O) groups is 1. The molecule has 0 radical (unpaired) electrons. The molecule has 1 heterocycles. The van der Waals surface area contributed by atoms with E-state index < -0.39 is 0 Å². The van der Waals surface area contributed by atoms with Gasteiger partial charge in [0.2, 0.25) is 0 Å². The number of carbonyl (C=O) groups excluding carboxylic acids is 1. The molecule has 3 rings (SSSR count). The topological polar surface area (TPSA) is 60.0 Å². The van der Waals surface area contributed by atoms with E-state index in [1.165, 1.54) is 18.5 Å². The lowest BCUT2D eigenvalue weighted by atomic mass is 10.1. The second kappa shape index (κ2) is 13.4. The molecule has 6 nitrogen and oxygen atoms in total. The fraction of sp³-hybridized carbons (Fsp3) is 0.440. The number of hydrogen-bond donors (Lipinski definition) is 2. The van der Waals surface area contributed by atoms with E-state index in [1.54, 1.807) is 26.0 Å². The summed E-state index contributed by atoms with van der Waals surface area (Å²) >= 11 is 0. The van der Waals surface area contributed by atoms with Gasteiger partial charge >= 0.3 is 0 Å². The molecule has 1 atom stereocenters. The fourth-order valence-electron chi connectivity index (χ4n) is 3.89. The normalized spacial score (nSPS) is 16.3. The number of guanidine groups is 1. The third-order valence-corrected chi connectivity index (χ3v) is 5.78. The molecule has 0 saturated carbocycles. The van der Waals surface area contributed by atoms with Crippen molar-refractivity contribution < 1.29 is 4.79 Å². The zero-order valence-corrected chi connectivity index (χ0v) is 21.7. The van der Waals surface area contributed by atoms with Gasteiger partial charge in [0.25, 0.3) is 5.91 Å². The number of nitrogens with zero attached hydrogens (tertiary/aromatic N) is 3. The van der Waals surface area contributed by atoms with Crippen LogP contribution in [0.4, 0.5) is 0 Å². The van der Waals surface area contributed by atoms with Crippen LogP contribution >= 0.6 is 24.0 Å². The molecule has 32 heavy (non-hydrogen) atoms. The van der Waals surface area contributed by atoms with Gasteiger partial charge in [-0.3, -0.25) is 9.79 Å². The van der Waals surface area contributed by atoms with Crippen molar-refractivity contribution in [1.82, 2.24) is 20.4 Å². The standard InChI is InChI=1S/C25H35N5O.HI/c1-26-25(27-17-21-9-11-23(12-10-21)24(31)29(2)3)28-18-22-14-16-30(19-22)15-13-20-7-5-4-6-8-20;/h4-12,22H,13-19H2,1-3H3,(H2,26,27,28);1H. The van der Waals surface area contributed by atoms with Crippen LogP contribution in [0.2, 0.25) is 0 Å². The van der Waals surface area contributed by atoms with Gasteiger partial charge < -0.3 is 20.4 Å². The van der Waals surface area contributed by atoms with E-state index in [-0.39, 0.29) is 29.9 Å². The lowest BCUT2D eigenvalue weighted by Crippen LogP contribution is -2.40. The molecule has 0 spiro atoms. The molecule has 174 valence electrons. The molecule has 1 aliphatic heterocycles. The van der Waals surface area contributed by atoms with Crippen molar-refractivity contribution in [2.24, 2.45) is 10.9 Å². The maximum Gasteiger partial charge on any atom is 0.253 e. The van der Waals surface area contributed by atoms with Crippen molar-refractivity contribution in [2.75, 3.05) is 47.3 Å². The molecule has 2 aromatic rings. The van der Waals surface area contributed by atoms with Gasteiger partial charge in [-0.25, -0.2) is 0 Å². The zero-order valence-electron chi connectivity index (χ0n) is 19.4. The molecular formula is C25H36IN5O. The molecule has 0 bridgehead atoms. The lowest BCUT2D eigenvalue weighted by Gasteiger charge is -2.18. The Labute approximate surface area is 209 Å². The Balaban J connectivity index is 0.00000363. The Hall–Kier alpha value is -2.13. The fourth-order valence-corrected chi connectivity index (χ4v) is 3.89. The van der Waals surface area contributed by atoms with Crippen LogP contribution in [-0.4, -0.2) is 69.0 Å². The second-order valence-electron chi connectivity index (χ2n) is 8.39. The van der Waals surface area contributed by atoms with Gasteiger partial charge in [0.1, 0.15) is 0 Å². The van der Waals surface area contributed by atoms with Crippen molar-refractivity contribution in [3.63, 3.8) is 0 Å². The first-order chi connectivity index (χ1) is 15.0. The number of hydrogen-bond acceptors (Lipinski definition) is 3. The van der Waals surface area contributed by atoms with Crippen LogP contribution in [0.1, 0.15) is 27.9 Å². The summed E-state index contributed by atoms with van der Waals surface area (Å²) in [5.74, 6) is 1.48. The van der Waals surface area contributed by atoms with Crippen molar-refractivity contribution in [3.05, 3.63) is 71.3 Å². The highest BCUT2D eigenvalue weighted by Crippen LogP contribution is 2.16. The van der Waals surface area contributed by atoms with Crippen molar-refractivity contribution in [1.29, 1.82) is 0 Å². The van der Waals surface area contributed by atoms with Crippen molar-refractivity contribution >= 4 is 35.8 Å².